The Kier molecular flexibility index (Phi) is 2.47. The SMILES string of the molecule is Cc1ccc(Cl)cc1C1(CC(=O)O)CC1. The molecule has 0 heterocycles. The van der Waals surface area contributed by atoms with E-state index in [2.05, 4.69) is 0 Å². The maximum atomic E-state index is 10.8. The van der Waals surface area contributed by atoms with E-state index in [1.54, 1.807) is 0 Å². The highest BCUT2D eigenvalue weighted by Crippen LogP contribution is 2.52. The molecule has 1 saturated carbocycles. The maximum Gasteiger partial charge on any atom is 0.304 e. The van der Waals surface area contributed by atoms with Crippen molar-refractivity contribution in [2.45, 2.75) is 31.6 Å². The molecule has 1 fully saturated rings. The molecule has 0 atom stereocenters. The first-order chi connectivity index (χ1) is 7.03. The largest absolute Gasteiger partial charge is 0.481 e. The molecule has 0 saturated heterocycles. The minimum Gasteiger partial charge on any atom is -0.481 e. The van der Waals surface area contributed by atoms with Crippen LogP contribution in [0.5, 0.6) is 0 Å². The molecule has 1 N–H and O–H groups in total. The van der Waals surface area contributed by atoms with Crippen molar-refractivity contribution in [1.82, 2.24) is 0 Å². The van der Waals surface area contributed by atoms with Gasteiger partial charge in [0, 0.05) is 10.4 Å². The van der Waals surface area contributed by atoms with Gasteiger partial charge < -0.3 is 5.11 Å². The van der Waals surface area contributed by atoms with Gasteiger partial charge in [0.1, 0.15) is 0 Å². The second-order valence-electron chi connectivity index (χ2n) is 4.31. The molecule has 1 aliphatic carbocycles. The van der Waals surface area contributed by atoms with Gasteiger partial charge in [-0.05, 0) is 43.0 Å². The summed E-state index contributed by atoms with van der Waals surface area (Å²) in [7, 11) is 0. The Bertz CT molecular complexity index is 408. The topological polar surface area (TPSA) is 37.3 Å². The summed E-state index contributed by atoms with van der Waals surface area (Å²) in [6.45, 7) is 2.01. The van der Waals surface area contributed by atoms with Crippen LogP contribution in [-0.2, 0) is 10.2 Å². The molecule has 0 aliphatic heterocycles. The minimum atomic E-state index is -0.730. The number of rotatable bonds is 3. The van der Waals surface area contributed by atoms with Gasteiger partial charge in [-0.2, -0.15) is 0 Å². The fraction of sp³-hybridized carbons (Fsp3) is 0.417. The van der Waals surface area contributed by atoms with Crippen molar-refractivity contribution in [1.29, 1.82) is 0 Å². The van der Waals surface area contributed by atoms with Gasteiger partial charge in [0.2, 0.25) is 0 Å². The van der Waals surface area contributed by atoms with Crippen LogP contribution < -0.4 is 0 Å². The van der Waals surface area contributed by atoms with Gasteiger partial charge in [-0.25, -0.2) is 0 Å². The lowest BCUT2D eigenvalue weighted by molar-refractivity contribution is -0.137. The summed E-state index contributed by atoms with van der Waals surface area (Å²) in [6.07, 6.45) is 2.13. The van der Waals surface area contributed by atoms with E-state index in [-0.39, 0.29) is 11.8 Å². The normalized spacial score (nSPS) is 17.5. The van der Waals surface area contributed by atoms with E-state index in [0.29, 0.717) is 5.02 Å². The van der Waals surface area contributed by atoms with Gasteiger partial charge in [-0.3, -0.25) is 4.79 Å². The minimum absolute atomic E-state index is 0.138. The predicted octanol–water partition coefficient (Wildman–Crippen LogP) is 3.15. The van der Waals surface area contributed by atoms with E-state index < -0.39 is 5.97 Å². The summed E-state index contributed by atoms with van der Waals surface area (Å²) in [5.41, 5.74) is 2.11. The van der Waals surface area contributed by atoms with Gasteiger partial charge in [0.25, 0.3) is 0 Å². The van der Waals surface area contributed by atoms with Crippen LogP contribution in [0.1, 0.15) is 30.4 Å². The van der Waals surface area contributed by atoms with E-state index >= 15 is 0 Å². The number of benzene rings is 1. The lowest BCUT2D eigenvalue weighted by atomic mass is 9.89. The number of aliphatic carboxylic acids is 1. The van der Waals surface area contributed by atoms with Crippen molar-refractivity contribution in [3.63, 3.8) is 0 Å². The zero-order chi connectivity index (χ0) is 11.1. The summed E-state index contributed by atoms with van der Waals surface area (Å²) in [6, 6.07) is 5.71. The molecular formula is C12H13ClO2. The third-order valence-electron chi connectivity index (χ3n) is 3.11. The lowest BCUT2D eigenvalue weighted by Crippen LogP contribution is -2.14. The number of halogens is 1. The fourth-order valence-electron chi connectivity index (χ4n) is 2.15. The molecule has 1 aromatic carbocycles. The average Bonchev–Trinajstić information content (AvgIpc) is 2.89. The van der Waals surface area contributed by atoms with Crippen molar-refractivity contribution in [2.24, 2.45) is 0 Å². The summed E-state index contributed by atoms with van der Waals surface area (Å²) < 4.78 is 0. The summed E-state index contributed by atoms with van der Waals surface area (Å²) in [5, 5.41) is 9.56. The molecule has 80 valence electrons. The van der Waals surface area contributed by atoms with Gasteiger partial charge in [0.05, 0.1) is 6.42 Å². The molecule has 1 aromatic rings. The highest BCUT2D eigenvalue weighted by Gasteiger charge is 2.46. The van der Waals surface area contributed by atoms with Crippen LogP contribution >= 0.6 is 11.6 Å². The average molecular weight is 225 g/mol. The molecular weight excluding hydrogens is 212 g/mol. The number of hydrogen-bond acceptors (Lipinski definition) is 1. The summed E-state index contributed by atoms with van der Waals surface area (Å²) in [5.74, 6) is -0.730. The van der Waals surface area contributed by atoms with Crippen LogP contribution in [0.15, 0.2) is 18.2 Å². The highest BCUT2D eigenvalue weighted by atomic mass is 35.5. The Morgan fingerprint density at radius 1 is 1.53 bits per heavy atom. The van der Waals surface area contributed by atoms with Crippen molar-refractivity contribution in [2.75, 3.05) is 0 Å². The highest BCUT2D eigenvalue weighted by molar-refractivity contribution is 6.30. The van der Waals surface area contributed by atoms with Gasteiger partial charge >= 0.3 is 5.97 Å². The van der Waals surface area contributed by atoms with Crippen LogP contribution in [-0.4, -0.2) is 11.1 Å². The number of hydrogen-bond donors (Lipinski definition) is 1. The molecule has 3 heteroatoms. The monoisotopic (exact) mass is 224 g/mol. The van der Waals surface area contributed by atoms with Gasteiger partial charge in [-0.1, -0.05) is 17.7 Å². The molecule has 15 heavy (non-hydrogen) atoms. The summed E-state index contributed by atoms with van der Waals surface area (Å²) in [4.78, 5) is 10.8. The van der Waals surface area contributed by atoms with Crippen LogP contribution in [0.25, 0.3) is 0 Å². The Labute approximate surface area is 93.9 Å². The molecule has 2 nitrogen and oxygen atoms in total. The van der Waals surface area contributed by atoms with Crippen molar-refractivity contribution >= 4 is 17.6 Å². The van der Waals surface area contributed by atoms with Gasteiger partial charge in [0.15, 0.2) is 0 Å². The standard InChI is InChI=1S/C12H13ClO2/c1-8-2-3-9(13)6-10(8)12(4-5-12)7-11(14)15/h2-3,6H,4-5,7H2,1H3,(H,14,15). The molecule has 0 radical (unpaired) electrons. The van der Waals surface area contributed by atoms with Crippen LogP contribution in [0.4, 0.5) is 0 Å². The zero-order valence-electron chi connectivity index (χ0n) is 8.59. The molecule has 0 amide bonds. The Hall–Kier alpha value is -1.02. The molecule has 1 aliphatic rings. The molecule has 0 aromatic heterocycles. The smallest absolute Gasteiger partial charge is 0.304 e. The second kappa shape index (κ2) is 3.53. The fourth-order valence-corrected chi connectivity index (χ4v) is 2.32. The third kappa shape index (κ3) is 2.00. The molecule has 0 unspecified atom stereocenters. The van der Waals surface area contributed by atoms with E-state index in [4.69, 9.17) is 16.7 Å². The van der Waals surface area contributed by atoms with Gasteiger partial charge in [-0.15, -0.1) is 0 Å². The molecule has 0 spiro atoms. The lowest BCUT2D eigenvalue weighted by Gasteiger charge is -2.16. The Morgan fingerprint density at radius 3 is 2.73 bits per heavy atom. The third-order valence-corrected chi connectivity index (χ3v) is 3.35. The van der Waals surface area contributed by atoms with Crippen LogP contribution in [0, 0.1) is 6.92 Å². The van der Waals surface area contributed by atoms with Crippen molar-refractivity contribution in [3.8, 4) is 0 Å². The van der Waals surface area contributed by atoms with E-state index in [1.807, 2.05) is 25.1 Å². The number of carbonyl (C=O) groups is 1. The quantitative estimate of drug-likeness (QED) is 0.857. The Balaban J connectivity index is 2.36. The van der Waals surface area contributed by atoms with Crippen LogP contribution in [0.2, 0.25) is 5.02 Å². The first-order valence-electron chi connectivity index (χ1n) is 5.02. The molecule has 2 rings (SSSR count). The first-order valence-corrected chi connectivity index (χ1v) is 5.40. The van der Waals surface area contributed by atoms with Crippen molar-refractivity contribution < 1.29 is 9.90 Å². The maximum absolute atomic E-state index is 10.8. The Morgan fingerprint density at radius 2 is 2.20 bits per heavy atom. The van der Waals surface area contributed by atoms with Crippen LogP contribution in [0.3, 0.4) is 0 Å². The number of carboxylic acids is 1. The molecule has 0 bridgehead atoms. The summed E-state index contributed by atoms with van der Waals surface area (Å²) >= 11 is 5.94. The predicted molar refractivity (Wildman–Crippen MR) is 59.4 cm³/mol. The first kappa shape index (κ1) is 10.5. The number of carboxylic acid groups (broad SMARTS) is 1. The second-order valence-corrected chi connectivity index (χ2v) is 4.75. The van der Waals surface area contributed by atoms with E-state index in [9.17, 15) is 4.79 Å². The number of aryl methyl sites for hydroxylation is 1. The van der Waals surface area contributed by atoms with Crippen molar-refractivity contribution in [3.05, 3.63) is 34.3 Å². The van der Waals surface area contributed by atoms with E-state index in [1.165, 1.54) is 0 Å². The zero-order valence-corrected chi connectivity index (χ0v) is 9.34. The van der Waals surface area contributed by atoms with E-state index in [0.717, 1.165) is 24.0 Å².